The Balaban J connectivity index is 1.92. The molecule has 2 N–H and O–H groups in total. The zero-order valence-electron chi connectivity index (χ0n) is 16.7. The summed E-state index contributed by atoms with van der Waals surface area (Å²) in [6.07, 6.45) is 0. The molecule has 0 spiro atoms. The molecular weight excluding hydrogens is 456 g/mol. The third-order valence-corrected chi connectivity index (χ3v) is 6.70. The van der Waals surface area contributed by atoms with Crippen LogP contribution in [0, 0.1) is 0 Å². The molecule has 0 unspecified atom stereocenters. The van der Waals surface area contributed by atoms with E-state index in [1.54, 1.807) is 25.1 Å². The third kappa shape index (κ3) is 4.48. The molecule has 1 heterocycles. The van der Waals surface area contributed by atoms with Gasteiger partial charge in [0.1, 0.15) is 5.69 Å². The van der Waals surface area contributed by atoms with Crippen LogP contribution in [0.1, 0.15) is 43.7 Å². The van der Waals surface area contributed by atoms with Crippen LogP contribution in [0.25, 0.3) is 10.9 Å². The minimum atomic E-state index is -3.79. The molecule has 6 nitrogen and oxygen atoms in total. The number of rotatable bonds is 5. The van der Waals surface area contributed by atoms with Crippen molar-refractivity contribution in [2.24, 2.45) is 0 Å². The van der Waals surface area contributed by atoms with Gasteiger partial charge in [0.15, 0.2) is 0 Å². The van der Waals surface area contributed by atoms with Gasteiger partial charge < -0.3 is 9.72 Å². The topological polar surface area (TPSA) is 88.3 Å². The molecular formula is C21H23BrN2O4S. The number of esters is 1. The van der Waals surface area contributed by atoms with E-state index in [9.17, 15) is 13.2 Å². The maximum absolute atomic E-state index is 12.9. The Hall–Kier alpha value is -2.32. The van der Waals surface area contributed by atoms with Gasteiger partial charge in [0, 0.05) is 16.6 Å². The maximum atomic E-state index is 12.9. The van der Waals surface area contributed by atoms with Crippen molar-refractivity contribution >= 4 is 48.5 Å². The molecule has 3 aromatic rings. The molecule has 0 saturated heterocycles. The third-order valence-electron chi connectivity index (χ3n) is 4.50. The van der Waals surface area contributed by atoms with Crippen LogP contribution in [0.3, 0.4) is 0 Å². The van der Waals surface area contributed by atoms with Crippen molar-refractivity contribution in [3.8, 4) is 0 Å². The molecule has 0 saturated carbocycles. The van der Waals surface area contributed by atoms with Gasteiger partial charge in [-0.15, -0.1) is 0 Å². The van der Waals surface area contributed by atoms with Crippen molar-refractivity contribution in [3.63, 3.8) is 0 Å². The smallest absolute Gasteiger partial charge is 0.355 e. The fourth-order valence-corrected chi connectivity index (χ4v) is 4.58. The average Bonchev–Trinajstić information content (AvgIpc) is 2.98. The van der Waals surface area contributed by atoms with Gasteiger partial charge in [-0.05, 0) is 64.2 Å². The maximum Gasteiger partial charge on any atom is 0.355 e. The largest absolute Gasteiger partial charge is 0.461 e. The molecule has 0 atom stereocenters. The highest BCUT2D eigenvalue weighted by Gasteiger charge is 2.21. The number of aromatic nitrogens is 1. The van der Waals surface area contributed by atoms with E-state index in [4.69, 9.17) is 4.74 Å². The van der Waals surface area contributed by atoms with E-state index in [-0.39, 0.29) is 22.6 Å². The average molecular weight is 479 g/mol. The molecule has 0 aliphatic heterocycles. The Morgan fingerprint density at radius 2 is 1.79 bits per heavy atom. The summed E-state index contributed by atoms with van der Waals surface area (Å²) in [6.45, 7) is 8.26. The first kappa shape index (κ1) is 21.4. The minimum absolute atomic E-state index is 0.0143. The van der Waals surface area contributed by atoms with Crippen molar-refractivity contribution < 1.29 is 17.9 Å². The Morgan fingerprint density at radius 3 is 2.38 bits per heavy atom. The first-order valence-corrected chi connectivity index (χ1v) is 11.4. The number of ether oxygens (including phenoxy) is 1. The fourth-order valence-electron chi connectivity index (χ4n) is 2.90. The number of anilines is 1. The molecule has 2 aromatic carbocycles. The monoisotopic (exact) mass is 478 g/mol. The lowest BCUT2D eigenvalue weighted by Crippen LogP contribution is -2.14. The van der Waals surface area contributed by atoms with Gasteiger partial charge in [-0.2, -0.15) is 0 Å². The van der Waals surface area contributed by atoms with Crippen LogP contribution in [0.2, 0.25) is 0 Å². The van der Waals surface area contributed by atoms with E-state index in [0.29, 0.717) is 21.1 Å². The van der Waals surface area contributed by atoms with E-state index in [2.05, 4.69) is 46.4 Å². The van der Waals surface area contributed by atoms with Crippen molar-refractivity contribution in [3.05, 3.63) is 58.2 Å². The number of nitrogens with one attached hydrogen (secondary N) is 2. The summed E-state index contributed by atoms with van der Waals surface area (Å²) in [4.78, 5) is 15.1. The number of benzene rings is 2. The molecule has 8 heteroatoms. The Morgan fingerprint density at radius 1 is 1.14 bits per heavy atom. The number of sulfonamides is 1. The molecule has 154 valence electrons. The van der Waals surface area contributed by atoms with Crippen molar-refractivity contribution in [1.29, 1.82) is 0 Å². The summed E-state index contributed by atoms with van der Waals surface area (Å²) >= 11 is 3.37. The first-order chi connectivity index (χ1) is 13.5. The molecule has 0 fully saturated rings. The van der Waals surface area contributed by atoms with E-state index >= 15 is 0 Å². The van der Waals surface area contributed by atoms with Gasteiger partial charge in [-0.25, -0.2) is 13.2 Å². The molecule has 0 amide bonds. The van der Waals surface area contributed by atoms with Crippen molar-refractivity contribution in [1.82, 2.24) is 4.98 Å². The summed E-state index contributed by atoms with van der Waals surface area (Å²) in [5.74, 6) is -0.503. The number of carbonyl (C=O) groups is 1. The summed E-state index contributed by atoms with van der Waals surface area (Å²) in [6, 6.07) is 12.0. The fraction of sp³-hybridized carbons (Fsp3) is 0.286. The zero-order valence-corrected chi connectivity index (χ0v) is 19.1. The Bertz CT molecular complexity index is 1160. The molecule has 1 aromatic heterocycles. The number of H-pyrrole nitrogens is 1. The van der Waals surface area contributed by atoms with Gasteiger partial charge >= 0.3 is 5.97 Å². The molecule has 0 aliphatic rings. The van der Waals surface area contributed by atoms with Gasteiger partial charge in [0.25, 0.3) is 10.0 Å². The summed E-state index contributed by atoms with van der Waals surface area (Å²) in [7, 11) is -3.79. The quantitative estimate of drug-likeness (QED) is 0.492. The van der Waals surface area contributed by atoms with Gasteiger partial charge in [-0.3, -0.25) is 4.72 Å². The highest BCUT2D eigenvalue weighted by atomic mass is 79.9. The summed E-state index contributed by atoms with van der Waals surface area (Å²) in [5, 5.41) is 0.582. The summed E-state index contributed by atoms with van der Waals surface area (Å²) < 4.78 is 33.8. The second-order valence-corrected chi connectivity index (χ2v) is 10.2. The van der Waals surface area contributed by atoms with E-state index < -0.39 is 16.0 Å². The highest BCUT2D eigenvalue weighted by Crippen LogP contribution is 2.31. The van der Waals surface area contributed by atoms with Crippen LogP contribution in [0.15, 0.2) is 51.8 Å². The molecule has 0 radical (unpaired) electrons. The van der Waals surface area contributed by atoms with Crippen LogP contribution in [-0.4, -0.2) is 26.0 Å². The number of hydrogen-bond acceptors (Lipinski definition) is 4. The normalized spacial score (nSPS) is 12.2. The van der Waals surface area contributed by atoms with Gasteiger partial charge in [0.05, 0.1) is 16.0 Å². The molecule has 29 heavy (non-hydrogen) atoms. The first-order valence-electron chi connectivity index (χ1n) is 9.14. The van der Waals surface area contributed by atoms with Gasteiger partial charge in [-0.1, -0.05) is 32.9 Å². The lowest BCUT2D eigenvalue weighted by molar-refractivity contribution is 0.0519. The molecule has 3 rings (SSSR count). The Labute approximate surface area is 178 Å². The predicted octanol–water partition coefficient (Wildman–Crippen LogP) is 5.21. The minimum Gasteiger partial charge on any atom is -0.461 e. The molecule has 0 bridgehead atoms. The second kappa shape index (κ2) is 7.84. The van der Waals surface area contributed by atoms with E-state index in [0.717, 1.165) is 5.56 Å². The SMILES string of the molecule is CCOC(=O)c1[nH]c2ccc(S(=O)(=O)Nc3ccc(C(C)(C)C)cc3)cc2c1Br. The van der Waals surface area contributed by atoms with Gasteiger partial charge in [0.2, 0.25) is 0 Å². The van der Waals surface area contributed by atoms with Crippen LogP contribution in [-0.2, 0) is 20.2 Å². The standard InChI is InChI=1S/C21H23BrN2O4S/c1-5-28-20(25)19-18(22)16-12-15(10-11-17(16)23-19)29(26,27)24-14-8-6-13(7-9-14)21(2,3)4/h6-12,23-24H,5H2,1-4H3. The lowest BCUT2D eigenvalue weighted by atomic mass is 9.87. The highest BCUT2D eigenvalue weighted by molar-refractivity contribution is 9.10. The van der Waals surface area contributed by atoms with Crippen molar-refractivity contribution in [2.45, 2.75) is 38.0 Å². The molecule has 0 aliphatic carbocycles. The summed E-state index contributed by atoms with van der Waals surface area (Å²) in [5.41, 5.74) is 2.47. The number of aromatic amines is 1. The second-order valence-electron chi connectivity index (χ2n) is 7.67. The van der Waals surface area contributed by atoms with E-state index in [1.807, 2.05) is 12.1 Å². The van der Waals surface area contributed by atoms with Crippen LogP contribution < -0.4 is 4.72 Å². The predicted molar refractivity (Wildman–Crippen MR) is 118 cm³/mol. The zero-order chi connectivity index (χ0) is 21.4. The number of fused-ring (bicyclic) bond motifs is 1. The van der Waals surface area contributed by atoms with Crippen LogP contribution >= 0.6 is 15.9 Å². The number of hydrogen-bond donors (Lipinski definition) is 2. The van der Waals surface area contributed by atoms with Crippen LogP contribution in [0.4, 0.5) is 5.69 Å². The van der Waals surface area contributed by atoms with E-state index in [1.165, 1.54) is 12.1 Å². The number of carbonyl (C=O) groups excluding carboxylic acids is 1. The Kier molecular flexibility index (Phi) is 5.78. The lowest BCUT2D eigenvalue weighted by Gasteiger charge is -2.19. The van der Waals surface area contributed by atoms with Crippen molar-refractivity contribution in [2.75, 3.05) is 11.3 Å². The van der Waals surface area contributed by atoms with Crippen LogP contribution in [0.5, 0.6) is 0 Å². The number of halogens is 1.